The fraction of sp³-hybridized carbons (Fsp3) is 0.500. The quantitative estimate of drug-likeness (QED) is 0.335. The zero-order valence-corrected chi connectivity index (χ0v) is 15.9. The first-order chi connectivity index (χ1) is 13.0. The molecule has 1 saturated carbocycles. The lowest BCUT2D eigenvalue weighted by Crippen LogP contribution is -2.64. The van der Waals surface area contributed by atoms with E-state index in [2.05, 4.69) is 37.9 Å². The molecule has 3 aliphatic rings. The van der Waals surface area contributed by atoms with Crippen molar-refractivity contribution in [3.8, 4) is 5.69 Å². The lowest BCUT2D eigenvalue weighted by Gasteiger charge is -2.58. The van der Waals surface area contributed by atoms with Gasteiger partial charge in [0, 0.05) is 36.0 Å². The summed E-state index contributed by atoms with van der Waals surface area (Å²) in [4.78, 5) is 4.14. The van der Waals surface area contributed by atoms with Crippen molar-refractivity contribution < 1.29 is 5.21 Å². The number of hydrogen-bond acceptors (Lipinski definition) is 5. The number of nitrogens with two attached hydrogens (primary N) is 1. The van der Waals surface area contributed by atoms with Gasteiger partial charge in [0.2, 0.25) is 5.96 Å². The van der Waals surface area contributed by atoms with Crippen LogP contribution < -0.4 is 5.73 Å². The summed E-state index contributed by atoms with van der Waals surface area (Å²) in [6, 6.07) is 6.04. The van der Waals surface area contributed by atoms with Crippen LogP contribution >= 0.6 is 11.6 Å². The molecular weight excluding hydrogens is 366 g/mol. The highest BCUT2D eigenvalue weighted by Gasteiger charge is 2.54. The minimum Gasteiger partial charge on any atom is -0.408 e. The average Bonchev–Trinajstić information content (AvgIpc) is 2.89. The van der Waals surface area contributed by atoms with Crippen LogP contribution in [0.4, 0.5) is 0 Å². The van der Waals surface area contributed by atoms with Gasteiger partial charge >= 0.3 is 0 Å². The third-order valence-electron chi connectivity index (χ3n) is 6.09. The zero-order chi connectivity index (χ0) is 18.8. The summed E-state index contributed by atoms with van der Waals surface area (Å²) in [6.07, 6.45) is 2.11. The molecule has 5 rings (SSSR count). The van der Waals surface area contributed by atoms with Crippen molar-refractivity contribution in [2.24, 2.45) is 16.3 Å². The molecule has 1 aliphatic carbocycles. The van der Waals surface area contributed by atoms with E-state index in [-0.39, 0.29) is 11.4 Å². The van der Waals surface area contributed by atoms with E-state index >= 15 is 0 Å². The normalized spacial score (nSPS) is 22.0. The summed E-state index contributed by atoms with van der Waals surface area (Å²) in [7, 11) is 2.09. The number of nitrogens with zero attached hydrogens (tertiary/aromatic N) is 6. The monoisotopic (exact) mass is 387 g/mol. The molecule has 1 aromatic carbocycles. The van der Waals surface area contributed by atoms with E-state index < -0.39 is 0 Å². The van der Waals surface area contributed by atoms with Gasteiger partial charge in [-0.25, -0.2) is 0 Å². The molecule has 9 heteroatoms. The van der Waals surface area contributed by atoms with Gasteiger partial charge in [-0.15, -0.1) is 10.2 Å². The first kappa shape index (κ1) is 16.8. The maximum absolute atomic E-state index is 8.81. The van der Waals surface area contributed by atoms with Crippen LogP contribution in [-0.4, -0.2) is 55.9 Å². The van der Waals surface area contributed by atoms with Crippen LogP contribution in [0.2, 0.25) is 5.02 Å². The highest BCUT2D eigenvalue weighted by molar-refractivity contribution is 6.30. The second-order valence-corrected chi connectivity index (χ2v) is 8.61. The van der Waals surface area contributed by atoms with Gasteiger partial charge in [-0.05, 0) is 43.7 Å². The van der Waals surface area contributed by atoms with E-state index in [1.807, 2.05) is 17.0 Å². The smallest absolute Gasteiger partial charge is 0.233 e. The van der Waals surface area contributed by atoms with Crippen molar-refractivity contribution >= 4 is 17.6 Å². The summed E-state index contributed by atoms with van der Waals surface area (Å²) in [5.74, 6) is 2.60. The number of oxime groups is 1. The molecule has 0 amide bonds. The zero-order valence-electron chi connectivity index (χ0n) is 15.1. The predicted molar refractivity (Wildman–Crippen MR) is 101 cm³/mol. The Morgan fingerprint density at radius 3 is 2.81 bits per heavy atom. The third kappa shape index (κ3) is 2.58. The molecule has 0 bridgehead atoms. The molecule has 0 radical (unpaired) electrons. The minimum atomic E-state index is 0.203. The van der Waals surface area contributed by atoms with E-state index in [0.29, 0.717) is 5.92 Å². The number of benzene rings is 1. The number of likely N-dealkylation sites (tertiary alicyclic amines) is 1. The van der Waals surface area contributed by atoms with E-state index in [0.717, 1.165) is 61.4 Å². The van der Waals surface area contributed by atoms with Crippen molar-refractivity contribution in [2.75, 3.05) is 20.1 Å². The largest absolute Gasteiger partial charge is 0.408 e. The van der Waals surface area contributed by atoms with Crippen LogP contribution in [-0.2, 0) is 13.1 Å². The van der Waals surface area contributed by atoms with Crippen LogP contribution in [0.5, 0.6) is 0 Å². The Labute approximate surface area is 162 Å². The second-order valence-electron chi connectivity index (χ2n) is 8.17. The van der Waals surface area contributed by atoms with Gasteiger partial charge in [0.1, 0.15) is 5.82 Å². The van der Waals surface area contributed by atoms with E-state index in [1.54, 1.807) is 0 Å². The van der Waals surface area contributed by atoms with Gasteiger partial charge in [0.25, 0.3) is 0 Å². The van der Waals surface area contributed by atoms with Crippen molar-refractivity contribution in [3.63, 3.8) is 0 Å². The SMILES string of the molecule is CN1Cc2cc(Cl)ccc2-n2c(nnc2C2CC3(C2)CN(C(N)=NO)C3)C1. The molecule has 2 aliphatic heterocycles. The second kappa shape index (κ2) is 5.84. The van der Waals surface area contributed by atoms with Crippen LogP contribution in [0.1, 0.15) is 36.0 Å². The maximum Gasteiger partial charge on any atom is 0.233 e. The van der Waals surface area contributed by atoms with Crippen LogP contribution in [0.15, 0.2) is 23.4 Å². The molecule has 8 nitrogen and oxygen atoms in total. The Kier molecular flexibility index (Phi) is 3.64. The number of rotatable bonds is 1. The molecule has 1 spiro atoms. The van der Waals surface area contributed by atoms with E-state index in [9.17, 15) is 0 Å². The fourth-order valence-electron chi connectivity index (χ4n) is 4.86. The van der Waals surface area contributed by atoms with Crippen LogP contribution in [0, 0.1) is 5.41 Å². The molecule has 0 unspecified atom stereocenters. The van der Waals surface area contributed by atoms with Crippen molar-refractivity contribution in [3.05, 3.63) is 40.4 Å². The maximum atomic E-state index is 8.81. The molecule has 27 heavy (non-hydrogen) atoms. The molecule has 1 saturated heterocycles. The molecule has 3 heterocycles. The van der Waals surface area contributed by atoms with E-state index in [4.69, 9.17) is 22.5 Å². The first-order valence-corrected chi connectivity index (χ1v) is 9.50. The summed E-state index contributed by atoms with van der Waals surface area (Å²) >= 11 is 6.23. The Balaban J connectivity index is 1.43. The Morgan fingerprint density at radius 2 is 2.07 bits per heavy atom. The molecule has 1 aromatic heterocycles. The number of halogens is 1. The number of guanidine groups is 1. The van der Waals surface area contributed by atoms with Gasteiger partial charge in [-0.3, -0.25) is 9.47 Å². The van der Waals surface area contributed by atoms with Gasteiger partial charge in [-0.1, -0.05) is 16.8 Å². The topological polar surface area (TPSA) is 95.8 Å². The number of aromatic nitrogens is 3. The lowest BCUT2D eigenvalue weighted by molar-refractivity contribution is -0.0384. The lowest BCUT2D eigenvalue weighted by atomic mass is 9.57. The summed E-state index contributed by atoms with van der Waals surface area (Å²) < 4.78 is 2.23. The highest BCUT2D eigenvalue weighted by Crippen LogP contribution is 2.56. The van der Waals surface area contributed by atoms with Crippen LogP contribution in [0.25, 0.3) is 5.69 Å². The standard InChI is InChI=1S/C18H22ClN7O/c1-24-7-11-4-13(19)2-3-14(11)26-15(8-24)21-22-16(26)12-5-18(6-12)9-25(10-18)17(20)23-27/h2-4,12,27H,5-10H2,1H3,(H2,20,23). The van der Waals surface area contributed by atoms with Gasteiger partial charge < -0.3 is 15.8 Å². The summed E-state index contributed by atoms with van der Waals surface area (Å²) in [5, 5.41) is 21.7. The molecule has 2 aromatic rings. The number of hydrogen-bond donors (Lipinski definition) is 2. The van der Waals surface area contributed by atoms with E-state index in [1.165, 1.54) is 5.56 Å². The van der Waals surface area contributed by atoms with Crippen molar-refractivity contribution in [2.45, 2.75) is 31.8 Å². The minimum absolute atomic E-state index is 0.203. The molecule has 142 valence electrons. The Morgan fingerprint density at radius 1 is 1.30 bits per heavy atom. The van der Waals surface area contributed by atoms with Crippen molar-refractivity contribution in [1.82, 2.24) is 24.6 Å². The molecule has 3 N–H and O–H groups in total. The fourth-order valence-corrected chi connectivity index (χ4v) is 5.06. The molecular formula is C18H22ClN7O. The Bertz CT molecular complexity index is 926. The third-order valence-corrected chi connectivity index (χ3v) is 6.33. The summed E-state index contributed by atoms with van der Waals surface area (Å²) in [6.45, 7) is 3.28. The van der Waals surface area contributed by atoms with Gasteiger partial charge in [-0.2, -0.15) is 0 Å². The van der Waals surface area contributed by atoms with Gasteiger partial charge in [0.15, 0.2) is 5.82 Å². The summed E-state index contributed by atoms with van der Waals surface area (Å²) in [5.41, 5.74) is 8.26. The van der Waals surface area contributed by atoms with Crippen LogP contribution in [0.3, 0.4) is 0 Å². The van der Waals surface area contributed by atoms with Gasteiger partial charge in [0.05, 0.1) is 12.2 Å². The Hall–Kier alpha value is -2.32. The molecule has 2 fully saturated rings. The predicted octanol–water partition coefficient (Wildman–Crippen LogP) is 1.75. The van der Waals surface area contributed by atoms with Crippen molar-refractivity contribution in [1.29, 1.82) is 0 Å². The average molecular weight is 388 g/mol. The first-order valence-electron chi connectivity index (χ1n) is 9.12. The highest BCUT2D eigenvalue weighted by atomic mass is 35.5. The number of fused-ring (bicyclic) bond motifs is 3. The molecule has 0 atom stereocenters.